The van der Waals surface area contributed by atoms with Crippen LogP contribution < -0.4 is 5.56 Å². The predicted molar refractivity (Wildman–Crippen MR) is 90.8 cm³/mol. The molecule has 0 unspecified atom stereocenters. The maximum absolute atomic E-state index is 12.2. The first-order valence-electron chi connectivity index (χ1n) is 9.36. The molecule has 1 aromatic rings. The van der Waals surface area contributed by atoms with E-state index in [0.717, 1.165) is 57.2 Å². The summed E-state index contributed by atoms with van der Waals surface area (Å²) in [6.45, 7) is 6.33. The molecule has 5 heteroatoms. The van der Waals surface area contributed by atoms with Crippen LogP contribution in [0.1, 0.15) is 43.4 Å². The van der Waals surface area contributed by atoms with E-state index in [2.05, 4.69) is 14.9 Å². The molecule has 126 valence electrons. The average molecular weight is 316 g/mol. The molecule has 0 radical (unpaired) electrons. The van der Waals surface area contributed by atoms with Crippen molar-refractivity contribution < 1.29 is 0 Å². The number of aryl methyl sites for hydroxylation is 2. The lowest BCUT2D eigenvalue weighted by Gasteiger charge is -2.38. The van der Waals surface area contributed by atoms with Gasteiger partial charge in [0.1, 0.15) is 0 Å². The standard InChI is InChI=1S/C18H28N4O/c23-18-14-15-4-3-7-17(15)19-22(18)13-10-20-8-11-21(12-9-20)16-5-1-2-6-16/h14,16H,1-13H2. The molecule has 0 amide bonds. The molecule has 1 aromatic heterocycles. The Bertz CT molecular complexity index is 598. The third-order valence-electron chi connectivity index (χ3n) is 5.90. The summed E-state index contributed by atoms with van der Waals surface area (Å²) < 4.78 is 1.69. The zero-order chi connectivity index (χ0) is 15.6. The Morgan fingerprint density at radius 3 is 2.57 bits per heavy atom. The van der Waals surface area contributed by atoms with Crippen LogP contribution in [0, 0.1) is 0 Å². The van der Waals surface area contributed by atoms with Gasteiger partial charge in [0, 0.05) is 44.8 Å². The van der Waals surface area contributed by atoms with Gasteiger partial charge in [-0.2, -0.15) is 5.10 Å². The van der Waals surface area contributed by atoms with Crippen molar-refractivity contribution in [2.45, 2.75) is 57.5 Å². The predicted octanol–water partition coefficient (Wildman–Crippen LogP) is 1.29. The van der Waals surface area contributed by atoms with Gasteiger partial charge in [0.05, 0.1) is 12.2 Å². The number of piperazine rings is 1. The van der Waals surface area contributed by atoms with Gasteiger partial charge in [-0.3, -0.25) is 14.6 Å². The van der Waals surface area contributed by atoms with E-state index in [0.29, 0.717) is 0 Å². The van der Waals surface area contributed by atoms with Crippen molar-refractivity contribution in [1.82, 2.24) is 19.6 Å². The summed E-state index contributed by atoms with van der Waals surface area (Å²) >= 11 is 0. The molecule has 0 spiro atoms. The van der Waals surface area contributed by atoms with Crippen LogP contribution in [0.25, 0.3) is 0 Å². The molecule has 0 aromatic carbocycles. The van der Waals surface area contributed by atoms with Crippen molar-refractivity contribution >= 4 is 0 Å². The fourth-order valence-electron chi connectivity index (χ4n) is 4.46. The summed E-state index contributed by atoms with van der Waals surface area (Å²) in [5.41, 5.74) is 2.40. The fourth-order valence-corrected chi connectivity index (χ4v) is 4.46. The van der Waals surface area contributed by atoms with Crippen molar-refractivity contribution in [3.8, 4) is 0 Å². The van der Waals surface area contributed by atoms with E-state index in [1.54, 1.807) is 4.68 Å². The van der Waals surface area contributed by atoms with Gasteiger partial charge in [0.25, 0.3) is 5.56 Å². The molecule has 3 aliphatic rings. The second-order valence-electron chi connectivity index (χ2n) is 7.35. The number of hydrogen-bond acceptors (Lipinski definition) is 4. The normalized spacial score (nSPS) is 23.5. The third-order valence-corrected chi connectivity index (χ3v) is 5.90. The van der Waals surface area contributed by atoms with Gasteiger partial charge in [-0.1, -0.05) is 12.8 Å². The van der Waals surface area contributed by atoms with Gasteiger partial charge in [-0.05, 0) is 37.7 Å². The highest BCUT2D eigenvalue weighted by Gasteiger charge is 2.26. The van der Waals surface area contributed by atoms with Crippen LogP contribution in [0.15, 0.2) is 10.9 Å². The first-order chi connectivity index (χ1) is 11.3. The molecule has 2 aliphatic carbocycles. The molecular formula is C18H28N4O. The number of rotatable bonds is 4. The minimum Gasteiger partial charge on any atom is -0.299 e. The molecule has 0 atom stereocenters. The van der Waals surface area contributed by atoms with Crippen LogP contribution in [-0.2, 0) is 19.4 Å². The molecule has 1 saturated carbocycles. The molecule has 0 bridgehead atoms. The highest BCUT2D eigenvalue weighted by Crippen LogP contribution is 2.24. The number of fused-ring (bicyclic) bond motifs is 1. The molecule has 23 heavy (non-hydrogen) atoms. The van der Waals surface area contributed by atoms with Crippen LogP contribution in [-0.4, -0.2) is 58.3 Å². The van der Waals surface area contributed by atoms with E-state index >= 15 is 0 Å². The van der Waals surface area contributed by atoms with E-state index in [4.69, 9.17) is 0 Å². The van der Waals surface area contributed by atoms with Gasteiger partial charge in [-0.15, -0.1) is 0 Å². The summed E-state index contributed by atoms with van der Waals surface area (Å²) in [5, 5.41) is 4.58. The Balaban J connectivity index is 1.30. The average Bonchev–Trinajstić information content (AvgIpc) is 3.24. The molecule has 0 N–H and O–H groups in total. The molecular weight excluding hydrogens is 288 g/mol. The highest BCUT2D eigenvalue weighted by atomic mass is 16.1. The third kappa shape index (κ3) is 3.36. The van der Waals surface area contributed by atoms with Gasteiger partial charge in [0.2, 0.25) is 0 Å². The second-order valence-corrected chi connectivity index (χ2v) is 7.35. The summed E-state index contributed by atoms with van der Waals surface area (Å²) in [7, 11) is 0. The van der Waals surface area contributed by atoms with Crippen molar-refractivity contribution in [3.05, 3.63) is 27.7 Å². The van der Waals surface area contributed by atoms with E-state index in [1.807, 2.05) is 6.07 Å². The van der Waals surface area contributed by atoms with Crippen LogP contribution in [0.5, 0.6) is 0 Å². The largest absolute Gasteiger partial charge is 0.299 e. The summed E-state index contributed by atoms with van der Waals surface area (Å²) in [4.78, 5) is 17.3. The number of aromatic nitrogens is 2. The minimum atomic E-state index is 0.0789. The van der Waals surface area contributed by atoms with Crippen molar-refractivity contribution in [2.24, 2.45) is 0 Å². The molecule has 5 nitrogen and oxygen atoms in total. The molecule has 2 heterocycles. The lowest BCUT2D eigenvalue weighted by molar-refractivity contribution is 0.0947. The van der Waals surface area contributed by atoms with Gasteiger partial charge in [-0.25, -0.2) is 4.68 Å². The fraction of sp³-hybridized carbons (Fsp3) is 0.778. The topological polar surface area (TPSA) is 41.4 Å². The molecule has 1 saturated heterocycles. The van der Waals surface area contributed by atoms with Gasteiger partial charge < -0.3 is 0 Å². The van der Waals surface area contributed by atoms with Crippen LogP contribution in [0.4, 0.5) is 0 Å². The first-order valence-corrected chi connectivity index (χ1v) is 9.36. The smallest absolute Gasteiger partial charge is 0.267 e. The van der Waals surface area contributed by atoms with Gasteiger partial charge in [0.15, 0.2) is 0 Å². The quantitative estimate of drug-likeness (QED) is 0.839. The Morgan fingerprint density at radius 2 is 1.78 bits per heavy atom. The Kier molecular flexibility index (Phi) is 4.49. The van der Waals surface area contributed by atoms with Crippen LogP contribution in [0.2, 0.25) is 0 Å². The minimum absolute atomic E-state index is 0.0789. The van der Waals surface area contributed by atoms with Crippen LogP contribution in [0.3, 0.4) is 0 Å². The Morgan fingerprint density at radius 1 is 1.00 bits per heavy atom. The molecule has 1 aliphatic heterocycles. The second kappa shape index (κ2) is 6.73. The van der Waals surface area contributed by atoms with Crippen molar-refractivity contribution in [1.29, 1.82) is 0 Å². The summed E-state index contributed by atoms with van der Waals surface area (Å²) in [6.07, 6.45) is 8.84. The van der Waals surface area contributed by atoms with Crippen molar-refractivity contribution in [3.63, 3.8) is 0 Å². The number of hydrogen-bond donors (Lipinski definition) is 0. The Labute approximate surface area is 138 Å². The van der Waals surface area contributed by atoms with Gasteiger partial charge >= 0.3 is 0 Å². The molecule has 2 fully saturated rings. The number of nitrogens with zero attached hydrogens (tertiary/aromatic N) is 4. The van der Waals surface area contributed by atoms with E-state index in [9.17, 15) is 4.79 Å². The summed E-state index contributed by atoms with van der Waals surface area (Å²) in [5.74, 6) is 0. The first kappa shape index (κ1) is 15.3. The lowest BCUT2D eigenvalue weighted by Crippen LogP contribution is -2.50. The Hall–Kier alpha value is -1.20. The highest BCUT2D eigenvalue weighted by molar-refractivity contribution is 5.22. The lowest BCUT2D eigenvalue weighted by atomic mass is 10.2. The van der Waals surface area contributed by atoms with Crippen LogP contribution >= 0.6 is 0 Å². The maximum Gasteiger partial charge on any atom is 0.267 e. The van der Waals surface area contributed by atoms with E-state index < -0.39 is 0 Å². The summed E-state index contributed by atoms with van der Waals surface area (Å²) in [6, 6.07) is 2.66. The monoisotopic (exact) mass is 316 g/mol. The maximum atomic E-state index is 12.2. The van der Waals surface area contributed by atoms with Crippen molar-refractivity contribution in [2.75, 3.05) is 32.7 Å². The molecule has 4 rings (SSSR count). The zero-order valence-electron chi connectivity index (χ0n) is 14.0. The SMILES string of the molecule is O=c1cc2c(nn1CCN1CCN(C3CCCC3)CC1)CCC2. The zero-order valence-corrected chi connectivity index (χ0v) is 14.0. The van der Waals surface area contributed by atoms with E-state index in [-0.39, 0.29) is 5.56 Å². The van der Waals surface area contributed by atoms with E-state index in [1.165, 1.54) is 44.3 Å².